The summed E-state index contributed by atoms with van der Waals surface area (Å²) >= 11 is 1.75. The van der Waals surface area contributed by atoms with Crippen LogP contribution >= 0.6 is 11.3 Å². The lowest BCUT2D eigenvalue weighted by Gasteiger charge is -2.15. The second-order valence-corrected chi connectivity index (χ2v) is 5.72. The van der Waals surface area contributed by atoms with E-state index in [4.69, 9.17) is 0 Å². The lowest BCUT2D eigenvalue weighted by molar-refractivity contribution is 0.492. The summed E-state index contributed by atoms with van der Waals surface area (Å²) in [5.74, 6) is 0.615. The topological polar surface area (TPSA) is 24.9 Å². The molecule has 1 heterocycles. The fraction of sp³-hybridized carbons (Fsp3) is 0.400. The van der Waals surface area contributed by atoms with E-state index in [9.17, 15) is 0 Å². The van der Waals surface area contributed by atoms with E-state index in [0.29, 0.717) is 5.92 Å². The maximum Gasteiger partial charge on any atom is 0.0928 e. The van der Waals surface area contributed by atoms with Gasteiger partial charge in [-0.1, -0.05) is 29.8 Å². The fourth-order valence-electron chi connectivity index (χ4n) is 2.16. The normalized spacial score (nSPS) is 12.6. The van der Waals surface area contributed by atoms with Crippen LogP contribution in [0.5, 0.6) is 0 Å². The molecule has 1 aromatic carbocycles. The summed E-state index contributed by atoms with van der Waals surface area (Å²) in [4.78, 5) is 4.38. The van der Waals surface area contributed by atoms with Gasteiger partial charge in [-0.05, 0) is 38.4 Å². The van der Waals surface area contributed by atoms with Crippen molar-refractivity contribution in [1.29, 1.82) is 0 Å². The molecule has 0 radical (unpaired) electrons. The van der Waals surface area contributed by atoms with Crippen LogP contribution in [0.3, 0.4) is 0 Å². The summed E-state index contributed by atoms with van der Waals surface area (Å²) in [6.07, 6.45) is 4.06. The molecule has 96 valence electrons. The predicted octanol–water partition coefficient (Wildman–Crippen LogP) is 3.07. The number of hydrogen-bond donors (Lipinski definition) is 1. The van der Waals surface area contributed by atoms with Gasteiger partial charge in [0, 0.05) is 18.0 Å². The quantitative estimate of drug-likeness (QED) is 0.863. The molecule has 2 rings (SSSR count). The van der Waals surface area contributed by atoms with E-state index in [1.54, 1.807) is 11.3 Å². The molecule has 2 aromatic rings. The van der Waals surface area contributed by atoms with Crippen LogP contribution in [0.4, 0.5) is 0 Å². The Labute approximate surface area is 113 Å². The van der Waals surface area contributed by atoms with Crippen molar-refractivity contribution in [2.75, 3.05) is 13.6 Å². The number of rotatable bonds is 6. The first-order valence-electron chi connectivity index (χ1n) is 6.36. The van der Waals surface area contributed by atoms with Crippen molar-refractivity contribution in [2.45, 2.75) is 19.8 Å². The molecule has 0 spiro atoms. The zero-order valence-electron chi connectivity index (χ0n) is 11.0. The van der Waals surface area contributed by atoms with Gasteiger partial charge in [-0.3, -0.25) is 0 Å². The highest BCUT2D eigenvalue weighted by molar-refractivity contribution is 7.09. The maximum absolute atomic E-state index is 4.38. The number of benzene rings is 1. The van der Waals surface area contributed by atoms with E-state index < -0.39 is 0 Å². The van der Waals surface area contributed by atoms with Crippen molar-refractivity contribution < 1.29 is 0 Å². The molecule has 0 saturated heterocycles. The minimum absolute atomic E-state index is 0.615. The van der Waals surface area contributed by atoms with Gasteiger partial charge in [0.2, 0.25) is 0 Å². The lowest BCUT2D eigenvalue weighted by atomic mass is 9.96. The van der Waals surface area contributed by atoms with Gasteiger partial charge in [0.05, 0.1) is 5.01 Å². The number of aromatic nitrogens is 1. The molecular weight excluding hydrogens is 240 g/mol. The molecule has 0 amide bonds. The van der Waals surface area contributed by atoms with E-state index in [2.05, 4.69) is 46.9 Å². The summed E-state index contributed by atoms with van der Waals surface area (Å²) in [6.45, 7) is 3.16. The number of hydrogen-bond acceptors (Lipinski definition) is 3. The smallest absolute Gasteiger partial charge is 0.0928 e. The highest BCUT2D eigenvalue weighted by Crippen LogP contribution is 2.16. The van der Waals surface area contributed by atoms with Crippen LogP contribution in [0.15, 0.2) is 35.8 Å². The van der Waals surface area contributed by atoms with Crippen LogP contribution in [0.1, 0.15) is 16.1 Å². The van der Waals surface area contributed by atoms with E-state index in [-0.39, 0.29) is 0 Å². The van der Waals surface area contributed by atoms with E-state index in [0.717, 1.165) is 19.4 Å². The Hall–Kier alpha value is -1.19. The van der Waals surface area contributed by atoms with Crippen molar-refractivity contribution in [3.63, 3.8) is 0 Å². The minimum Gasteiger partial charge on any atom is -0.319 e. The third kappa shape index (κ3) is 3.93. The van der Waals surface area contributed by atoms with Gasteiger partial charge in [0.15, 0.2) is 0 Å². The summed E-state index contributed by atoms with van der Waals surface area (Å²) in [5, 5.41) is 6.58. The van der Waals surface area contributed by atoms with E-state index in [1.807, 2.05) is 13.2 Å². The van der Waals surface area contributed by atoms with Gasteiger partial charge < -0.3 is 5.32 Å². The molecule has 18 heavy (non-hydrogen) atoms. The van der Waals surface area contributed by atoms with Crippen LogP contribution in [-0.2, 0) is 12.8 Å². The number of nitrogens with zero attached hydrogens (tertiary/aromatic N) is 1. The largest absolute Gasteiger partial charge is 0.319 e. The molecule has 0 aliphatic rings. The van der Waals surface area contributed by atoms with Crippen molar-refractivity contribution in [3.05, 3.63) is 52.0 Å². The Morgan fingerprint density at radius 3 is 2.61 bits per heavy atom. The van der Waals surface area contributed by atoms with Gasteiger partial charge in [-0.2, -0.15) is 0 Å². The van der Waals surface area contributed by atoms with Gasteiger partial charge in [0.1, 0.15) is 0 Å². The Morgan fingerprint density at radius 1 is 1.22 bits per heavy atom. The molecule has 0 aliphatic carbocycles. The second-order valence-electron chi connectivity index (χ2n) is 4.74. The molecule has 0 fully saturated rings. The standard InChI is InChI=1S/C15H20N2S/c1-12-3-5-13(6-4-12)9-14(11-16-2)10-15-17-7-8-18-15/h3-8,14,16H,9-11H2,1-2H3. The third-order valence-corrected chi connectivity index (χ3v) is 3.89. The number of nitrogens with one attached hydrogen (secondary N) is 1. The highest BCUT2D eigenvalue weighted by Gasteiger charge is 2.11. The van der Waals surface area contributed by atoms with Gasteiger partial charge >= 0.3 is 0 Å². The zero-order chi connectivity index (χ0) is 12.8. The molecule has 1 aromatic heterocycles. The minimum atomic E-state index is 0.615. The molecule has 0 bridgehead atoms. The molecule has 2 nitrogen and oxygen atoms in total. The Morgan fingerprint density at radius 2 is 2.00 bits per heavy atom. The van der Waals surface area contributed by atoms with Crippen molar-refractivity contribution >= 4 is 11.3 Å². The van der Waals surface area contributed by atoms with E-state index in [1.165, 1.54) is 16.1 Å². The van der Waals surface area contributed by atoms with Gasteiger partial charge in [-0.15, -0.1) is 11.3 Å². The maximum atomic E-state index is 4.38. The first kappa shape index (κ1) is 13.2. The third-order valence-electron chi connectivity index (χ3n) is 3.08. The first-order valence-corrected chi connectivity index (χ1v) is 7.24. The molecule has 0 aliphatic heterocycles. The summed E-state index contributed by atoms with van der Waals surface area (Å²) in [5.41, 5.74) is 2.74. The zero-order valence-corrected chi connectivity index (χ0v) is 11.8. The monoisotopic (exact) mass is 260 g/mol. The summed E-state index contributed by atoms with van der Waals surface area (Å²) < 4.78 is 0. The summed E-state index contributed by atoms with van der Waals surface area (Å²) in [6, 6.07) is 8.85. The average Bonchev–Trinajstić information content (AvgIpc) is 2.85. The average molecular weight is 260 g/mol. The highest BCUT2D eigenvalue weighted by atomic mass is 32.1. The molecular formula is C15H20N2S. The van der Waals surface area contributed by atoms with Crippen LogP contribution in [0.25, 0.3) is 0 Å². The van der Waals surface area contributed by atoms with Crippen LogP contribution in [0.2, 0.25) is 0 Å². The second kappa shape index (κ2) is 6.66. The van der Waals surface area contributed by atoms with Crippen molar-refractivity contribution in [3.8, 4) is 0 Å². The van der Waals surface area contributed by atoms with Gasteiger partial charge in [0.25, 0.3) is 0 Å². The van der Waals surface area contributed by atoms with Crippen molar-refractivity contribution in [2.24, 2.45) is 5.92 Å². The van der Waals surface area contributed by atoms with Crippen LogP contribution in [-0.4, -0.2) is 18.6 Å². The SMILES string of the molecule is CNCC(Cc1ccc(C)cc1)Cc1nccs1. The van der Waals surface area contributed by atoms with Crippen molar-refractivity contribution in [1.82, 2.24) is 10.3 Å². The molecule has 3 heteroatoms. The van der Waals surface area contributed by atoms with Gasteiger partial charge in [-0.25, -0.2) is 4.98 Å². The van der Waals surface area contributed by atoms with Crippen LogP contribution < -0.4 is 5.32 Å². The molecule has 1 N–H and O–H groups in total. The number of thiazole rings is 1. The lowest BCUT2D eigenvalue weighted by Crippen LogP contribution is -2.22. The Kier molecular flexibility index (Phi) is 4.90. The molecule has 1 atom stereocenters. The van der Waals surface area contributed by atoms with Crippen LogP contribution in [0, 0.1) is 12.8 Å². The Balaban J connectivity index is 1.99. The predicted molar refractivity (Wildman–Crippen MR) is 78.1 cm³/mol. The summed E-state index contributed by atoms with van der Waals surface area (Å²) in [7, 11) is 2.02. The number of aryl methyl sites for hydroxylation is 1. The Bertz CT molecular complexity index is 448. The fourth-order valence-corrected chi connectivity index (χ4v) is 2.90. The molecule has 1 unspecified atom stereocenters. The first-order chi connectivity index (χ1) is 8.78. The molecule has 0 saturated carbocycles. The van der Waals surface area contributed by atoms with E-state index >= 15 is 0 Å².